The molecule has 1 amide bonds. The van der Waals surface area contributed by atoms with Gasteiger partial charge in [0.15, 0.2) is 0 Å². The van der Waals surface area contributed by atoms with E-state index in [9.17, 15) is 4.79 Å². The first-order valence-electron chi connectivity index (χ1n) is 6.03. The first kappa shape index (κ1) is 10.9. The molecule has 1 heterocycles. The van der Waals surface area contributed by atoms with E-state index in [0.717, 1.165) is 25.4 Å². The van der Waals surface area contributed by atoms with Crippen LogP contribution in [0.3, 0.4) is 0 Å². The Bertz CT molecular complexity index is 258. The highest BCUT2D eigenvalue weighted by molar-refractivity contribution is 5.83. The van der Waals surface area contributed by atoms with Crippen LogP contribution in [0.1, 0.15) is 33.1 Å². The van der Waals surface area contributed by atoms with Crippen LogP contribution in [0.15, 0.2) is 0 Å². The molecule has 0 spiro atoms. The molecule has 0 aromatic heterocycles. The zero-order valence-electron chi connectivity index (χ0n) is 10.0. The van der Waals surface area contributed by atoms with Gasteiger partial charge in [0.2, 0.25) is 5.91 Å². The fourth-order valence-corrected chi connectivity index (χ4v) is 2.46. The van der Waals surface area contributed by atoms with Gasteiger partial charge in [-0.2, -0.15) is 0 Å². The summed E-state index contributed by atoms with van der Waals surface area (Å²) in [4.78, 5) is 13.5. The zero-order valence-corrected chi connectivity index (χ0v) is 10.0. The lowest BCUT2D eigenvalue weighted by molar-refractivity contribution is -0.128. The molecule has 0 aromatic carbocycles. The summed E-state index contributed by atoms with van der Waals surface area (Å²) in [6.45, 7) is 6.51. The predicted molar refractivity (Wildman–Crippen MR) is 60.5 cm³/mol. The van der Waals surface area contributed by atoms with Crippen LogP contribution in [-0.4, -0.2) is 37.0 Å². The van der Waals surface area contributed by atoms with Crippen molar-refractivity contribution in [2.24, 2.45) is 11.3 Å². The molecular formula is C12H22N2O. The van der Waals surface area contributed by atoms with Crippen molar-refractivity contribution in [3.63, 3.8) is 0 Å². The Morgan fingerprint density at radius 2 is 2.20 bits per heavy atom. The van der Waals surface area contributed by atoms with Crippen LogP contribution in [0.5, 0.6) is 0 Å². The Balaban J connectivity index is 1.82. The van der Waals surface area contributed by atoms with Crippen molar-refractivity contribution in [3.05, 3.63) is 0 Å². The lowest BCUT2D eigenvalue weighted by Crippen LogP contribution is -2.40. The van der Waals surface area contributed by atoms with Gasteiger partial charge in [0, 0.05) is 20.1 Å². The molecule has 86 valence electrons. The van der Waals surface area contributed by atoms with Crippen LogP contribution in [0.2, 0.25) is 0 Å². The standard InChI is InChI=1S/C12H22N2O/c1-9(2)12(5-6-12)8-13-10-4-7-14(3)11(10)15/h9-10,13H,4-8H2,1-3H3. The number of likely N-dealkylation sites (N-methyl/N-ethyl adjacent to an activating group) is 1. The first-order chi connectivity index (χ1) is 7.05. The number of likely N-dealkylation sites (tertiary alicyclic amines) is 1. The largest absolute Gasteiger partial charge is 0.344 e. The van der Waals surface area contributed by atoms with Gasteiger partial charge in [0.25, 0.3) is 0 Å². The van der Waals surface area contributed by atoms with Crippen LogP contribution >= 0.6 is 0 Å². The minimum absolute atomic E-state index is 0.0891. The van der Waals surface area contributed by atoms with E-state index in [1.54, 1.807) is 0 Å². The van der Waals surface area contributed by atoms with Gasteiger partial charge in [0.1, 0.15) is 0 Å². The highest BCUT2D eigenvalue weighted by Gasteiger charge is 2.45. The maximum absolute atomic E-state index is 11.7. The quantitative estimate of drug-likeness (QED) is 0.757. The van der Waals surface area contributed by atoms with Crippen molar-refractivity contribution in [1.82, 2.24) is 10.2 Å². The molecule has 1 saturated heterocycles. The summed E-state index contributed by atoms with van der Waals surface area (Å²) >= 11 is 0. The van der Waals surface area contributed by atoms with Gasteiger partial charge in [-0.25, -0.2) is 0 Å². The van der Waals surface area contributed by atoms with Gasteiger partial charge in [-0.05, 0) is 30.6 Å². The predicted octanol–water partition coefficient (Wildman–Crippen LogP) is 1.24. The number of nitrogens with one attached hydrogen (secondary N) is 1. The Hall–Kier alpha value is -0.570. The monoisotopic (exact) mass is 210 g/mol. The molecule has 0 radical (unpaired) electrons. The van der Waals surface area contributed by atoms with Gasteiger partial charge in [0.05, 0.1) is 6.04 Å². The molecule has 2 aliphatic rings. The molecule has 1 saturated carbocycles. The second kappa shape index (κ2) is 3.78. The fraction of sp³-hybridized carbons (Fsp3) is 0.917. The van der Waals surface area contributed by atoms with Gasteiger partial charge in [-0.15, -0.1) is 0 Å². The number of carbonyl (C=O) groups excluding carboxylic acids is 1. The summed E-state index contributed by atoms with van der Waals surface area (Å²) in [6, 6.07) is 0.0891. The average Bonchev–Trinajstić information content (AvgIpc) is 2.92. The second-order valence-electron chi connectivity index (χ2n) is 5.50. The van der Waals surface area contributed by atoms with Gasteiger partial charge >= 0.3 is 0 Å². The van der Waals surface area contributed by atoms with Gasteiger partial charge in [-0.1, -0.05) is 13.8 Å². The average molecular weight is 210 g/mol. The minimum Gasteiger partial charge on any atom is -0.344 e. The summed E-state index contributed by atoms with van der Waals surface area (Å²) in [7, 11) is 1.89. The van der Waals surface area contributed by atoms with E-state index < -0.39 is 0 Å². The smallest absolute Gasteiger partial charge is 0.239 e. The van der Waals surface area contributed by atoms with E-state index in [4.69, 9.17) is 0 Å². The zero-order chi connectivity index (χ0) is 11.1. The van der Waals surface area contributed by atoms with Crippen molar-refractivity contribution >= 4 is 5.91 Å². The summed E-state index contributed by atoms with van der Waals surface area (Å²) in [5.74, 6) is 1.01. The molecule has 0 aromatic rings. The molecule has 0 bridgehead atoms. The van der Waals surface area contributed by atoms with Crippen LogP contribution < -0.4 is 5.32 Å². The number of hydrogen-bond acceptors (Lipinski definition) is 2. The van der Waals surface area contributed by atoms with Crippen molar-refractivity contribution in [2.45, 2.75) is 39.2 Å². The van der Waals surface area contributed by atoms with E-state index in [0.29, 0.717) is 5.41 Å². The maximum Gasteiger partial charge on any atom is 0.239 e. The molecule has 1 aliphatic heterocycles. The van der Waals surface area contributed by atoms with Crippen LogP contribution in [0, 0.1) is 11.3 Å². The number of carbonyl (C=O) groups is 1. The van der Waals surface area contributed by atoms with Gasteiger partial charge in [-0.3, -0.25) is 4.79 Å². The fourth-order valence-electron chi connectivity index (χ4n) is 2.46. The highest BCUT2D eigenvalue weighted by atomic mass is 16.2. The SMILES string of the molecule is CC(C)C1(CNC2CCN(C)C2=O)CC1. The van der Waals surface area contributed by atoms with E-state index in [-0.39, 0.29) is 11.9 Å². The molecule has 1 unspecified atom stereocenters. The second-order valence-corrected chi connectivity index (χ2v) is 5.50. The minimum atomic E-state index is 0.0891. The molecular weight excluding hydrogens is 188 g/mol. The first-order valence-corrected chi connectivity index (χ1v) is 6.03. The number of amides is 1. The normalized spacial score (nSPS) is 28.9. The molecule has 1 N–H and O–H groups in total. The molecule has 15 heavy (non-hydrogen) atoms. The summed E-state index contributed by atoms with van der Waals surface area (Å²) in [5.41, 5.74) is 0.501. The highest BCUT2D eigenvalue weighted by Crippen LogP contribution is 2.51. The number of rotatable bonds is 4. The molecule has 2 rings (SSSR count). The lowest BCUT2D eigenvalue weighted by Gasteiger charge is -2.22. The summed E-state index contributed by atoms with van der Waals surface area (Å²) < 4.78 is 0. The van der Waals surface area contributed by atoms with E-state index in [1.807, 2.05) is 11.9 Å². The van der Waals surface area contributed by atoms with Crippen molar-refractivity contribution < 1.29 is 4.79 Å². The summed E-state index contributed by atoms with van der Waals surface area (Å²) in [5, 5.41) is 3.45. The van der Waals surface area contributed by atoms with Crippen LogP contribution in [-0.2, 0) is 4.79 Å². The van der Waals surface area contributed by atoms with Crippen molar-refractivity contribution in [2.75, 3.05) is 20.1 Å². The third kappa shape index (κ3) is 2.03. The Morgan fingerprint density at radius 3 is 2.60 bits per heavy atom. The maximum atomic E-state index is 11.7. The Morgan fingerprint density at radius 1 is 1.53 bits per heavy atom. The molecule has 1 aliphatic carbocycles. The Labute approximate surface area is 92.2 Å². The molecule has 3 heteroatoms. The number of hydrogen-bond donors (Lipinski definition) is 1. The third-order valence-corrected chi connectivity index (χ3v) is 4.25. The van der Waals surface area contributed by atoms with E-state index >= 15 is 0 Å². The molecule has 2 fully saturated rings. The third-order valence-electron chi connectivity index (χ3n) is 4.25. The van der Waals surface area contributed by atoms with Crippen molar-refractivity contribution in [1.29, 1.82) is 0 Å². The van der Waals surface area contributed by atoms with E-state index in [1.165, 1.54) is 12.8 Å². The Kier molecular flexibility index (Phi) is 2.75. The molecule has 3 nitrogen and oxygen atoms in total. The van der Waals surface area contributed by atoms with Gasteiger partial charge < -0.3 is 10.2 Å². The number of nitrogens with zero attached hydrogens (tertiary/aromatic N) is 1. The van der Waals surface area contributed by atoms with E-state index in [2.05, 4.69) is 19.2 Å². The molecule has 1 atom stereocenters. The van der Waals surface area contributed by atoms with Crippen LogP contribution in [0.4, 0.5) is 0 Å². The van der Waals surface area contributed by atoms with Crippen molar-refractivity contribution in [3.8, 4) is 0 Å². The lowest BCUT2D eigenvalue weighted by atomic mass is 9.92. The summed E-state index contributed by atoms with van der Waals surface area (Å²) in [6.07, 6.45) is 3.63. The van der Waals surface area contributed by atoms with Crippen LogP contribution in [0.25, 0.3) is 0 Å². The topological polar surface area (TPSA) is 32.3 Å².